The summed E-state index contributed by atoms with van der Waals surface area (Å²) in [5.41, 5.74) is 0.801. The van der Waals surface area contributed by atoms with Crippen molar-refractivity contribution in [3.8, 4) is 11.5 Å². The Morgan fingerprint density at radius 3 is 2.75 bits per heavy atom. The van der Waals surface area contributed by atoms with Gasteiger partial charge in [-0.15, -0.1) is 10.2 Å². The van der Waals surface area contributed by atoms with Crippen LogP contribution < -0.4 is 5.32 Å². The van der Waals surface area contributed by atoms with Gasteiger partial charge < -0.3 is 9.73 Å². The number of aromatic nitrogens is 2. The number of nitrogens with one attached hydrogen (secondary N) is 1. The summed E-state index contributed by atoms with van der Waals surface area (Å²) >= 11 is 5.82. The van der Waals surface area contributed by atoms with Crippen LogP contribution in [-0.4, -0.2) is 16.1 Å². The van der Waals surface area contributed by atoms with Crippen molar-refractivity contribution in [1.29, 1.82) is 0 Å². The van der Waals surface area contributed by atoms with Gasteiger partial charge in [0.25, 0.3) is 0 Å². The lowest BCUT2D eigenvalue weighted by atomic mass is 10.2. The van der Waals surface area contributed by atoms with E-state index in [-0.39, 0.29) is 18.4 Å². The molecule has 2 atom stereocenters. The van der Waals surface area contributed by atoms with Gasteiger partial charge in [0.1, 0.15) is 0 Å². The van der Waals surface area contributed by atoms with E-state index < -0.39 is 0 Å². The molecule has 1 N–H and O–H groups in total. The maximum Gasteiger partial charge on any atom is 0.247 e. The quantitative estimate of drug-likeness (QED) is 0.940. The molecule has 1 aliphatic carbocycles. The van der Waals surface area contributed by atoms with Gasteiger partial charge in [-0.25, -0.2) is 0 Å². The molecule has 1 aliphatic rings. The largest absolute Gasteiger partial charge is 0.419 e. The van der Waals surface area contributed by atoms with Crippen molar-refractivity contribution in [3.05, 3.63) is 35.2 Å². The second-order valence-corrected chi connectivity index (χ2v) is 5.48. The number of hydrogen-bond donors (Lipinski definition) is 1. The lowest BCUT2D eigenvalue weighted by Crippen LogP contribution is -2.24. The fraction of sp³-hybridized carbons (Fsp3) is 0.357. The Hall–Kier alpha value is -1.88. The maximum atomic E-state index is 11.7. The van der Waals surface area contributed by atoms with E-state index in [1.807, 2.05) is 12.1 Å². The molecule has 104 valence electrons. The minimum absolute atomic E-state index is 0.0590. The number of carbonyl (C=O) groups excluding carboxylic acids is 1. The maximum absolute atomic E-state index is 11.7. The summed E-state index contributed by atoms with van der Waals surface area (Å²) in [6.07, 6.45) is 0.964. The zero-order chi connectivity index (χ0) is 14.1. The number of hydrogen-bond acceptors (Lipinski definition) is 4. The normalized spacial score (nSPS) is 20.7. The first-order chi connectivity index (χ1) is 9.63. The van der Waals surface area contributed by atoms with Crippen LogP contribution in [-0.2, 0) is 11.3 Å². The van der Waals surface area contributed by atoms with Crippen LogP contribution in [0.4, 0.5) is 0 Å². The molecule has 6 heteroatoms. The van der Waals surface area contributed by atoms with E-state index in [0.717, 1.165) is 12.0 Å². The molecular weight excluding hydrogens is 278 g/mol. The predicted octanol–water partition coefficient (Wildman–Crippen LogP) is 2.66. The van der Waals surface area contributed by atoms with Crippen molar-refractivity contribution in [3.63, 3.8) is 0 Å². The van der Waals surface area contributed by atoms with E-state index in [0.29, 0.717) is 22.7 Å². The summed E-state index contributed by atoms with van der Waals surface area (Å²) in [5.74, 6) is 1.52. The van der Waals surface area contributed by atoms with Crippen LogP contribution in [0.15, 0.2) is 28.7 Å². The molecule has 1 aromatic heterocycles. The average molecular weight is 292 g/mol. The van der Waals surface area contributed by atoms with Crippen LogP contribution in [0.5, 0.6) is 0 Å². The van der Waals surface area contributed by atoms with Crippen LogP contribution in [0.2, 0.25) is 5.02 Å². The molecule has 0 radical (unpaired) electrons. The molecule has 1 heterocycles. The van der Waals surface area contributed by atoms with Crippen LogP contribution in [0.1, 0.15) is 19.2 Å². The van der Waals surface area contributed by atoms with Gasteiger partial charge >= 0.3 is 0 Å². The summed E-state index contributed by atoms with van der Waals surface area (Å²) in [7, 11) is 0. The molecule has 5 nitrogen and oxygen atoms in total. The minimum Gasteiger partial charge on any atom is -0.419 e. The third-order valence-electron chi connectivity index (χ3n) is 3.42. The van der Waals surface area contributed by atoms with Crippen molar-refractivity contribution in [2.24, 2.45) is 11.8 Å². The molecule has 0 bridgehead atoms. The second kappa shape index (κ2) is 5.25. The van der Waals surface area contributed by atoms with E-state index in [1.165, 1.54) is 0 Å². The van der Waals surface area contributed by atoms with Crippen molar-refractivity contribution in [1.82, 2.24) is 15.5 Å². The van der Waals surface area contributed by atoms with Gasteiger partial charge in [0.2, 0.25) is 17.7 Å². The van der Waals surface area contributed by atoms with E-state index in [4.69, 9.17) is 16.0 Å². The SMILES string of the molecule is CC1CC1C(=O)NCc1nnc(-c2ccc(Cl)cc2)o1. The van der Waals surface area contributed by atoms with Gasteiger partial charge in [-0.1, -0.05) is 18.5 Å². The zero-order valence-corrected chi connectivity index (χ0v) is 11.7. The van der Waals surface area contributed by atoms with Gasteiger partial charge in [0.05, 0.1) is 6.54 Å². The number of carbonyl (C=O) groups is 1. The van der Waals surface area contributed by atoms with Crippen LogP contribution in [0.3, 0.4) is 0 Å². The molecule has 1 amide bonds. The average Bonchev–Trinajstić information content (AvgIpc) is 3.00. The minimum atomic E-state index is 0.0590. The van der Waals surface area contributed by atoms with E-state index in [1.54, 1.807) is 12.1 Å². The lowest BCUT2D eigenvalue weighted by Gasteiger charge is -2.00. The van der Waals surface area contributed by atoms with Crippen molar-refractivity contribution in [2.45, 2.75) is 19.9 Å². The Balaban J connectivity index is 1.62. The van der Waals surface area contributed by atoms with Crippen LogP contribution in [0.25, 0.3) is 11.5 Å². The highest BCUT2D eigenvalue weighted by molar-refractivity contribution is 6.30. The Morgan fingerprint density at radius 1 is 1.40 bits per heavy atom. The highest BCUT2D eigenvalue weighted by atomic mass is 35.5. The van der Waals surface area contributed by atoms with Gasteiger partial charge in [-0.05, 0) is 36.6 Å². The van der Waals surface area contributed by atoms with Crippen molar-refractivity contribution < 1.29 is 9.21 Å². The predicted molar refractivity (Wildman–Crippen MR) is 73.9 cm³/mol. The van der Waals surface area contributed by atoms with Crippen LogP contribution in [0, 0.1) is 11.8 Å². The Labute approximate surface area is 121 Å². The molecule has 2 aromatic rings. The fourth-order valence-electron chi connectivity index (χ4n) is 2.02. The topological polar surface area (TPSA) is 68.0 Å². The number of amides is 1. The first-order valence-electron chi connectivity index (χ1n) is 6.49. The van der Waals surface area contributed by atoms with Gasteiger partial charge in [0, 0.05) is 16.5 Å². The third kappa shape index (κ3) is 2.82. The molecular formula is C14H14ClN3O2. The summed E-state index contributed by atoms with van der Waals surface area (Å²) in [5, 5.41) is 11.3. The van der Waals surface area contributed by atoms with E-state index in [9.17, 15) is 4.79 Å². The highest BCUT2D eigenvalue weighted by Gasteiger charge is 2.38. The molecule has 2 unspecified atom stereocenters. The number of nitrogens with zero attached hydrogens (tertiary/aromatic N) is 2. The van der Waals surface area contributed by atoms with E-state index >= 15 is 0 Å². The summed E-state index contributed by atoms with van der Waals surface area (Å²) in [6.45, 7) is 2.33. The molecule has 1 fully saturated rings. The Morgan fingerprint density at radius 2 is 2.10 bits per heavy atom. The number of halogens is 1. The van der Waals surface area contributed by atoms with Crippen molar-refractivity contribution in [2.75, 3.05) is 0 Å². The lowest BCUT2D eigenvalue weighted by molar-refractivity contribution is -0.122. The molecule has 20 heavy (non-hydrogen) atoms. The molecule has 1 saturated carbocycles. The van der Waals surface area contributed by atoms with E-state index in [2.05, 4.69) is 22.4 Å². The Bertz CT molecular complexity index is 624. The molecule has 0 saturated heterocycles. The summed E-state index contributed by atoms with van der Waals surface area (Å²) < 4.78 is 5.51. The fourth-order valence-corrected chi connectivity index (χ4v) is 2.14. The molecule has 3 rings (SSSR count). The molecule has 0 spiro atoms. The van der Waals surface area contributed by atoms with Gasteiger partial charge in [0.15, 0.2) is 0 Å². The zero-order valence-electron chi connectivity index (χ0n) is 11.0. The standard InChI is InChI=1S/C14H14ClN3O2/c1-8-6-11(8)13(19)16-7-12-17-18-14(20-12)9-2-4-10(15)5-3-9/h2-5,8,11H,6-7H2,1H3,(H,16,19). The second-order valence-electron chi connectivity index (χ2n) is 5.05. The van der Waals surface area contributed by atoms with Gasteiger partial charge in [-0.2, -0.15) is 0 Å². The first-order valence-corrected chi connectivity index (χ1v) is 6.87. The monoisotopic (exact) mass is 291 g/mol. The number of benzene rings is 1. The molecule has 1 aromatic carbocycles. The summed E-state index contributed by atoms with van der Waals surface area (Å²) in [4.78, 5) is 11.7. The molecule has 0 aliphatic heterocycles. The summed E-state index contributed by atoms with van der Waals surface area (Å²) in [6, 6.07) is 7.14. The Kier molecular flexibility index (Phi) is 3.44. The van der Waals surface area contributed by atoms with Crippen LogP contribution >= 0.6 is 11.6 Å². The van der Waals surface area contributed by atoms with Gasteiger partial charge in [-0.3, -0.25) is 4.79 Å². The highest BCUT2D eigenvalue weighted by Crippen LogP contribution is 2.37. The van der Waals surface area contributed by atoms with Crippen molar-refractivity contribution >= 4 is 17.5 Å². The third-order valence-corrected chi connectivity index (χ3v) is 3.67. The smallest absolute Gasteiger partial charge is 0.247 e. The number of rotatable bonds is 4. The first kappa shape index (κ1) is 13.1.